The lowest BCUT2D eigenvalue weighted by molar-refractivity contribution is -0.907. The van der Waals surface area contributed by atoms with Gasteiger partial charge in [-0.3, -0.25) is 4.79 Å². The van der Waals surface area contributed by atoms with Crippen molar-refractivity contribution in [1.29, 1.82) is 0 Å². The van der Waals surface area contributed by atoms with Crippen molar-refractivity contribution in [3.63, 3.8) is 0 Å². The van der Waals surface area contributed by atoms with E-state index < -0.39 is 0 Å². The van der Waals surface area contributed by atoms with Crippen LogP contribution in [0.25, 0.3) is 0 Å². The van der Waals surface area contributed by atoms with E-state index in [1.807, 2.05) is 25.1 Å². The fourth-order valence-electron chi connectivity index (χ4n) is 3.56. The van der Waals surface area contributed by atoms with Crippen LogP contribution in [0.5, 0.6) is 11.5 Å². The van der Waals surface area contributed by atoms with E-state index in [2.05, 4.69) is 24.4 Å². The van der Waals surface area contributed by atoms with Crippen LogP contribution < -0.4 is 19.7 Å². The second kappa shape index (κ2) is 7.79. The van der Waals surface area contributed by atoms with Crippen molar-refractivity contribution in [2.45, 2.75) is 26.8 Å². The molecule has 5 heteroatoms. The molecule has 0 radical (unpaired) electrons. The Bertz CT molecular complexity index is 817. The third-order valence-corrected chi connectivity index (χ3v) is 4.96. The number of hydrogen-bond acceptors (Lipinski definition) is 3. The van der Waals surface area contributed by atoms with Crippen molar-refractivity contribution < 1.29 is 19.2 Å². The summed E-state index contributed by atoms with van der Waals surface area (Å²) < 4.78 is 10.8. The number of anilines is 1. The average Bonchev–Trinajstić information content (AvgIpc) is 2.62. The number of carbonyl (C=O) groups is 1. The van der Waals surface area contributed by atoms with Crippen LogP contribution in [0.3, 0.4) is 0 Å². The lowest BCUT2D eigenvalue weighted by atomic mass is 9.99. The molecule has 2 aromatic carbocycles. The Balaban J connectivity index is 1.66. The van der Waals surface area contributed by atoms with Crippen LogP contribution in [0.4, 0.5) is 5.69 Å². The van der Waals surface area contributed by atoms with E-state index in [0.29, 0.717) is 6.54 Å². The molecule has 1 aliphatic heterocycles. The first kappa shape index (κ1) is 18.3. The molecule has 1 unspecified atom stereocenters. The number of benzene rings is 2. The number of hydrogen-bond donors (Lipinski definition) is 2. The van der Waals surface area contributed by atoms with Crippen molar-refractivity contribution in [2.75, 3.05) is 32.6 Å². The van der Waals surface area contributed by atoms with Crippen LogP contribution >= 0.6 is 0 Å². The Labute approximate surface area is 154 Å². The van der Waals surface area contributed by atoms with Gasteiger partial charge in [0, 0.05) is 17.7 Å². The van der Waals surface area contributed by atoms with Gasteiger partial charge in [0.1, 0.15) is 6.54 Å². The summed E-state index contributed by atoms with van der Waals surface area (Å²) in [4.78, 5) is 13.7. The molecule has 5 nitrogen and oxygen atoms in total. The first-order valence-electron chi connectivity index (χ1n) is 8.94. The largest absolute Gasteiger partial charge is 0.493 e. The topological polar surface area (TPSA) is 52.0 Å². The minimum atomic E-state index is 0.0517. The van der Waals surface area contributed by atoms with Gasteiger partial charge in [0.25, 0.3) is 5.91 Å². The molecular formula is C21H27N2O3+. The maximum Gasteiger partial charge on any atom is 0.279 e. The molecule has 0 aliphatic carbocycles. The van der Waals surface area contributed by atoms with Gasteiger partial charge in [-0.05, 0) is 43.2 Å². The van der Waals surface area contributed by atoms with E-state index >= 15 is 0 Å². The van der Waals surface area contributed by atoms with Crippen molar-refractivity contribution >= 4 is 11.6 Å². The zero-order valence-corrected chi connectivity index (χ0v) is 15.9. The van der Waals surface area contributed by atoms with E-state index in [9.17, 15) is 4.79 Å². The van der Waals surface area contributed by atoms with Gasteiger partial charge < -0.3 is 19.7 Å². The van der Waals surface area contributed by atoms with Gasteiger partial charge in [0.05, 0.1) is 20.8 Å². The zero-order chi connectivity index (χ0) is 18.7. The number of methoxy groups -OCH3 is 2. The summed E-state index contributed by atoms with van der Waals surface area (Å²) in [5.41, 5.74) is 5.69. The minimum absolute atomic E-state index is 0.0517. The Hall–Kier alpha value is -2.53. The standard InChI is InChI=1S/C21H26N2O3/c1-14-5-6-18(15(2)9-14)22-21(24)13-23-8-7-16-10-19(25-3)20(26-4)11-17(16)12-23/h5-6,9-11H,7-8,12-13H2,1-4H3,(H,22,24)/p+1. The summed E-state index contributed by atoms with van der Waals surface area (Å²) in [6, 6.07) is 10.2. The molecule has 26 heavy (non-hydrogen) atoms. The molecular weight excluding hydrogens is 328 g/mol. The highest BCUT2D eigenvalue weighted by molar-refractivity contribution is 5.92. The first-order valence-corrected chi connectivity index (χ1v) is 8.94. The summed E-state index contributed by atoms with van der Waals surface area (Å²) in [6.07, 6.45) is 0.932. The lowest BCUT2D eigenvalue weighted by Crippen LogP contribution is -3.12. The van der Waals surface area contributed by atoms with E-state index in [1.165, 1.54) is 21.6 Å². The number of rotatable bonds is 5. The maximum absolute atomic E-state index is 12.5. The second-order valence-electron chi connectivity index (χ2n) is 6.95. The Morgan fingerprint density at radius 2 is 1.77 bits per heavy atom. The minimum Gasteiger partial charge on any atom is -0.493 e. The zero-order valence-electron chi connectivity index (χ0n) is 15.9. The molecule has 0 spiro atoms. The van der Waals surface area contributed by atoms with Gasteiger partial charge in [-0.15, -0.1) is 0 Å². The first-order chi connectivity index (χ1) is 12.5. The lowest BCUT2D eigenvalue weighted by Gasteiger charge is -2.26. The Morgan fingerprint density at radius 1 is 1.08 bits per heavy atom. The van der Waals surface area contributed by atoms with Crippen molar-refractivity contribution in [1.82, 2.24) is 0 Å². The van der Waals surface area contributed by atoms with E-state index in [4.69, 9.17) is 9.47 Å². The third-order valence-electron chi connectivity index (χ3n) is 4.96. The van der Waals surface area contributed by atoms with Crippen molar-refractivity contribution in [2.24, 2.45) is 0 Å². The van der Waals surface area contributed by atoms with Gasteiger partial charge in [-0.25, -0.2) is 0 Å². The number of fused-ring (bicyclic) bond motifs is 1. The number of ether oxygens (including phenoxy) is 2. The van der Waals surface area contributed by atoms with Crippen LogP contribution in [0.2, 0.25) is 0 Å². The number of carbonyl (C=O) groups excluding carboxylic acids is 1. The highest BCUT2D eigenvalue weighted by Crippen LogP contribution is 2.31. The Morgan fingerprint density at radius 3 is 2.42 bits per heavy atom. The van der Waals surface area contributed by atoms with Gasteiger partial charge in [0.2, 0.25) is 0 Å². The monoisotopic (exact) mass is 355 g/mol. The smallest absolute Gasteiger partial charge is 0.279 e. The molecule has 1 atom stereocenters. The van der Waals surface area contributed by atoms with Gasteiger partial charge in [-0.2, -0.15) is 0 Å². The van der Waals surface area contributed by atoms with E-state index in [0.717, 1.165) is 42.3 Å². The molecule has 2 aromatic rings. The van der Waals surface area contributed by atoms with Crippen LogP contribution in [0.1, 0.15) is 22.3 Å². The summed E-state index contributed by atoms with van der Waals surface area (Å²) in [5, 5.41) is 3.05. The molecule has 0 aromatic heterocycles. The molecule has 3 rings (SSSR count). The van der Waals surface area contributed by atoms with Gasteiger partial charge in [0.15, 0.2) is 18.0 Å². The Kier molecular flexibility index (Phi) is 5.47. The summed E-state index contributed by atoms with van der Waals surface area (Å²) >= 11 is 0. The molecule has 1 heterocycles. The summed E-state index contributed by atoms with van der Waals surface area (Å²) in [6.45, 7) is 6.28. The fraction of sp³-hybridized carbons (Fsp3) is 0.381. The summed E-state index contributed by atoms with van der Waals surface area (Å²) in [7, 11) is 3.30. The summed E-state index contributed by atoms with van der Waals surface area (Å²) in [5.74, 6) is 1.56. The van der Waals surface area contributed by atoms with E-state index in [-0.39, 0.29) is 5.91 Å². The SMILES string of the molecule is COc1cc2c(cc1OC)C[NH+](CC(=O)Nc1ccc(C)cc1C)CC2. The van der Waals surface area contributed by atoms with Crippen molar-refractivity contribution in [3.8, 4) is 11.5 Å². The molecule has 0 bridgehead atoms. The molecule has 1 aliphatic rings. The highest BCUT2D eigenvalue weighted by Gasteiger charge is 2.24. The number of nitrogens with one attached hydrogen (secondary N) is 2. The van der Waals surface area contributed by atoms with Crippen molar-refractivity contribution in [3.05, 3.63) is 52.6 Å². The second-order valence-corrected chi connectivity index (χ2v) is 6.95. The van der Waals surface area contributed by atoms with Gasteiger partial charge >= 0.3 is 0 Å². The van der Waals surface area contributed by atoms with E-state index in [1.54, 1.807) is 14.2 Å². The maximum atomic E-state index is 12.5. The van der Waals surface area contributed by atoms with Gasteiger partial charge in [-0.1, -0.05) is 17.7 Å². The third kappa shape index (κ3) is 3.99. The molecule has 0 fully saturated rings. The number of aryl methyl sites for hydroxylation is 2. The van der Waals surface area contributed by atoms with Crippen LogP contribution in [0.15, 0.2) is 30.3 Å². The highest BCUT2D eigenvalue weighted by atomic mass is 16.5. The predicted molar refractivity (Wildman–Crippen MR) is 102 cm³/mol. The predicted octanol–water partition coefficient (Wildman–Crippen LogP) is 1.90. The number of amides is 1. The normalized spacial score (nSPS) is 15.9. The fourth-order valence-corrected chi connectivity index (χ4v) is 3.56. The number of quaternary nitrogens is 1. The molecule has 0 saturated carbocycles. The quantitative estimate of drug-likeness (QED) is 0.861. The molecule has 0 saturated heterocycles. The molecule has 138 valence electrons. The van der Waals surface area contributed by atoms with Crippen LogP contribution in [0, 0.1) is 13.8 Å². The van der Waals surface area contributed by atoms with Crippen LogP contribution in [-0.4, -0.2) is 33.2 Å². The average molecular weight is 355 g/mol. The molecule has 2 N–H and O–H groups in total. The molecule has 1 amide bonds. The van der Waals surface area contributed by atoms with Crippen LogP contribution in [-0.2, 0) is 17.8 Å².